The van der Waals surface area contributed by atoms with Crippen LogP contribution in [0.15, 0.2) is 0 Å². The van der Waals surface area contributed by atoms with E-state index in [1.807, 2.05) is 0 Å². The molecule has 14 heavy (non-hydrogen) atoms. The van der Waals surface area contributed by atoms with Gasteiger partial charge in [-0.3, -0.25) is 19.8 Å². The molecule has 6 N–H and O–H groups in total. The van der Waals surface area contributed by atoms with Crippen LogP contribution in [0.5, 0.6) is 0 Å². The number of carbonyl (C=O) groups excluding carboxylic acids is 3. The highest BCUT2D eigenvalue weighted by Crippen LogP contribution is 1.91. The number of carbonyl (C=O) groups is 3. The van der Waals surface area contributed by atoms with Crippen LogP contribution in [0.4, 0.5) is 0 Å². The third kappa shape index (κ3) is 5.95. The first-order valence-corrected chi connectivity index (χ1v) is 4.15. The van der Waals surface area contributed by atoms with Gasteiger partial charge in [-0.05, 0) is 12.8 Å². The quantitative estimate of drug-likeness (QED) is 0.132. The minimum Gasteiger partial charge on any atom is -0.370 e. The van der Waals surface area contributed by atoms with Crippen LogP contribution in [0.2, 0.25) is 0 Å². The van der Waals surface area contributed by atoms with E-state index in [4.69, 9.17) is 11.6 Å². The van der Waals surface area contributed by atoms with E-state index in [1.54, 1.807) is 5.43 Å². The van der Waals surface area contributed by atoms with Crippen LogP contribution < -0.4 is 22.3 Å². The van der Waals surface area contributed by atoms with Crippen molar-refractivity contribution in [1.29, 1.82) is 0 Å². The maximum atomic E-state index is 10.8. The second-order valence-electron chi connectivity index (χ2n) is 2.65. The van der Waals surface area contributed by atoms with Gasteiger partial charge in [-0.25, -0.2) is 5.84 Å². The zero-order chi connectivity index (χ0) is 11.0. The SMILES string of the molecule is NNC(=O)C(=O)NCCCCC(N)=O. The van der Waals surface area contributed by atoms with Crippen LogP contribution in [0, 0.1) is 0 Å². The van der Waals surface area contributed by atoms with Gasteiger partial charge in [-0.15, -0.1) is 0 Å². The Hall–Kier alpha value is -1.63. The van der Waals surface area contributed by atoms with E-state index in [1.165, 1.54) is 0 Å². The normalized spacial score (nSPS) is 9.21. The number of hydrazine groups is 1. The largest absolute Gasteiger partial charge is 0.370 e. The van der Waals surface area contributed by atoms with E-state index in [9.17, 15) is 14.4 Å². The highest BCUT2D eigenvalue weighted by molar-refractivity contribution is 6.34. The van der Waals surface area contributed by atoms with Crippen LogP contribution in [0.1, 0.15) is 19.3 Å². The van der Waals surface area contributed by atoms with Crippen molar-refractivity contribution >= 4 is 17.7 Å². The lowest BCUT2D eigenvalue weighted by Crippen LogP contribution is -2.43. The molecular formula is C7H14N4O3. The van der Waals surface area contributed by atoms with Crippen LogP contribution in [-0.2, 0) is 14.4 Å². The van der Waals surface area contributed by atoms with Crippen LogP contribution in [-0.4, -0.2) is 24.3 Å². The van der Waals surface area contributed by atoms with Gasteiger partial charge in [0.1, 0.15) is 0 Å². The molecule has 0 aliphatic heterocycles. The van der Waals surface area contributed by atoms with E-state index in [-0.39, 0.29) is 12.3 Å². The molecule has 0 aromatic carbocycles. The van der Waals surface area contributed by atoms with Crippen molar-refractivity contribution in [3.05, 3.63) is 0 Å². The molecule has 0 spiro atoms. The third-order valence-corrected chi connectivity index (χ3v) is 1.47. The van der Waals surface area contributed by atoms with Gasteiger partial charge < -0.3 is 11.1 Å². The van der Waals surface area contributed by atoms with Gasteiger partial charge in [-0.1, -0.05) is 0 Å². The molecule has 0 aromatic heterocycles. The summed E-state index contributed by atoms with van der Waals surface area (Å²) in [6.07, 6.45) is 1.45. The Labute approximate surface area is 81.2 Å². The van der Waals surface area contributed by atoms with E-state index < -0.39 is 11.8 Å². The number of hydrogen-bond acceptors (Lipinski definition) is 4. The first kappa shape index (κ1) is 12.4. The molecule has 7 nitrogen and oxygen atoms in total. The standard InChI is InChI=1S/C7H14N4O3/c8-5(12)3-1-2-4-10-6(13)7(14)11-9/h1-4,9H2,(H2,8,12)(H,10,13)(H,11,14). The molecule has 7 heteroatoms. The number of rotatable bonds is 5. The summed E-state index contributed by atoms with van der Waals surface area (Å²) in [4.78, 5) is 31.6. The molecule has 0 unspecified atom stereocenters. The number of primary amides is 1. The fraction of sp³-hybridized carbons (Fsp3) is 0.571. The molecule has 0 aliphatic rings. The Balaban J connectivity index is 3.41. The van der Waals surface area contributed by atoms with Crippen molar-refractivity contribution < 1.29 is 14.4 Å². The van der Waals surface area contributed by atoms with Crippen molar-refractivity contribution in [3.8, 4) is 0 Å². The summed E-state index contributed by atoms with van der Waals surface area (Å²) in [7, 11) is 0. The van der Waals surface area contributed by atoms with Crippen molar-refractivity contribution in [3.63, 3.8) is 0 Å². The van der Waals surface area contributed by atoms with Gasteiger partial charge in [0.15, 0.2) is 0 Å². The molecule has 0 rings (SSSR count). The number of hydrogen-bond donors (Lipinski definition) is 4. The number of nitrogens with two attached hydrogens (primary N) is 2. The Bertz CT molecular complexity index is 229. The van der Waals surface area contributed by atoms with Gasteiger partial charge in [0.2, 0.25) is 5.91 Å². The molecule has 0 saturated heterocycles. The summed E-state index contributed by atoms with van der Waals surface area (Å²) >= 11 is 0. The summed E-state index contributed by atoms with van der Waals surface area (Å²) in [5.74, 6) is 2.67. The van der Waals surface area contributed by atoms with Crippen LogP contribution >= 0.6 is 0 Å². The zero-order valence-corrected chi connectivity index (χ0v) is 7.71. The molecule has 0 aliphatic carbocycles. The Morgan fingerprint density at radius 1 is 1.07 bits per heavy atom. The molecule has 0 heterocycles. The number of unbranched alkanes of at least 4 members (excludes halogenated alkanes) is 1. The fourth-order valence-electron chi connectivity index (χ4n) is 0.772. The van der Waals surface area contributed by atoms with Gasteiger partial charge in [0.05, 0.1) is 0 Å². The third-order valence-electron chi connectivity index (χ3n) is 1.47. The number of amides is 3. The summed E-state index contributed by atoms with van der Waals surface area (Å²) in [6, 6.07) is 0. The lowest BCUT2D eigenvalue weighted by atomic mass is 10.2. The molecular weight excluding hydrogens is 188 g/mol. The fourth-order valence-corrected chi connectivity index (χ4v) is 0.772. The lowest BCUT2D eigenvalue weighted by molar-refractivity contribution is -0.139. The zero-order valence-electron chi connectivity index (χ0n) is 7.71. The van der Waals surface area contributed by atoms with E-state index >= 15 is 0 Å². The highest BCUT2D eigenvalue weighted by atomic mass is 16.2. The molecule has 0 fully saturated rings. The topological polar surface area (TPSA) is 127 Å². The van der Waals surface area contributed by atoms with Gasteiger partial charge in [0, 0.05) is 13.0 Å². The number of nitrogens with one attached hydrogen (secondary N) is 2. The smallest absolute Gasteiger partial charge is 0.323 e. The van der Waals surface area contributed by atoms with E-state index in [2.05, 4.69) is 5.32 Å². The molecule has 3 amide bonds. The first-order chi connectivity index (χ1) is 6.57. The van der Waals surface area contributed by atoms with Gasteiger partial charge in [0.25, 0.3) is 0 Å². The van der Waals surface area contributed by atoms with Crippen molar-refractivity contribution in [2.24, 2.45) is 11.6 Å². The van der Waals surface area contributed by atoms with Gasteiger partial charge in [-0.2, -0.15) is 0 Å². The van der Waals surface area contributed by atoms with Crippen LogP contribution in [0.25, 0.3) is 0 Å². The maximum absolute atomic E-state index is 10.8. The predicted molar refractivity (Wildman–Crippen MR) is 48.4 cm³/mol. The second-order valence-corrected chi connectivity index (χ2v) is 2.65. The Morgan fingerprint density at radius 2 is 1.71 bits per heavy atom. The molecule has 0 aromatic rings. The minimum absolute atomic E-state index is 0.277. The molecule has 0 saturated carbocycles. The summed E-state index contributed by atoms with van der Waals surface area (Å²) in [5.41, 5.74) is 6.60. The second kappa shape index (κ2) is 6.84. The average Bonchev–Trinajstić information content (AvgIpc) is 2.15. The predicted octanol–water partition coefficient (Wildman–Crippen LogP) is -2.25. The molecule has 0 atom stereocenters. The lowest BCUT2D eigenvalue weighted by Gasteiger charge is -2.02. The summed E-state index contributed by atoms with van der Waals surface area (Å²) in [6.45, 7) is 0.319. The summed E-state index contributed by atoms with van der Waals surface area (Å²) in [5, 5.41) is 2.32. The monoisotopic (exact) mass is 202 g/mol. The van der Waals surface area contributed by atoms with Crippen molar-refractivity contribution in [1.82, 2.24) is 10.7 Å². The highest BCUT2D eigenvalue weighted by Gasteiger charge is 2.09. The average molecular weight is 202 g/mol. The molecule has 0 radical (unpaired) electrons. The molecule has 80 valence electrons. The maximum Gasteiger partial charge on any atom is 0.323 e. The first-order valence-electron chi connectivity index (χ1n) is 4.15. The Morgan fingerprint density at radius 3 is 2.21 bits per heavy atom. The summed E-state index contributed by atoms with van der Waals surface area (Å²) < 4.78 is 0. The minimum atomic E-state index is -0.889. The van der Waals surface area contributed by atoms with E-state index in [0.717, 1.165) is 0 Å². The van der Waals surface area contributed by atoms with E-state index in [0.29, 0.717) is 19.4 Å². The van der Waals surface area contributed by atoms with Crippen molar-refractivity contribution in [2.45, 2.75) is 19.3 Å². The van der Waals surface area contributed by atoms with Crippen LogP contribution in [0.3, 0.4) is 0 Å². The Kier molecular flexibility index (Phi) is 6.04. The van der Waals surface area contributed by atoms with Gasteiger partial charge >= 0.3 is 11.8 Å². The van der Waals surface area contributed by atoms with Crippen molar-refractivity contribution in [2.75, 3.05) is 6.54 Å². The molecule has 0 bridgehead atoms.